The van der Waals surface area contributed by atoms with E-state index in [9.17, 15) is 28.1 Å². The molecule has 1 heterocycles. The minimum absolute atomic E-state index is 0.0476. The fourth-order valence-electron chi connectivity index (χ4n) is 3.29. The molecule has 16 heteroatoms. The number of rotatable bonds is 7. The molecule has 0 atom stereocenters. The van der Waals surface area contributed by atoms with Gasteiger partial charge < -0.3 is 9.50 Å². The van der Waals surface area contributed by atoms with E-state index in [-0.39, 0.29) is 30.6 Å². The minimum atomic E-state index is -4.35. The van der Waals surface area contributed by atoms with Crippen LogP contribution in [-0.4, -0.2) is 34.6 Å². The summed E-state index contributed by atoms with van der Waals surface area (Å²) in [6.07, 6.45) is 1.50. The van der Waals surface area contributed by atoms with Crippen molar-refractivity contribution in [1.29, 1.82) is 0 Å². The average molecular weight is 640 g/mol. The summed E-state index contributed by atoms with van der Waals surface area (Å²) in [4.78, 5) is 35.5. The van der Waals surface area contributed by atoms with Crippen LogP contribution in [0.3, 0.4) is 0 Å². The molecule has 206 valence electrons. The quantitative estimate of drug-likeness (QED) is 0.106. The Morgan fingerprint density at radius 3 is 2.45 bits per heavy atom. The molecule has 0 spiro atoms. The zero-order valence-electron chi connectivity index (χ0n) is 20.1. The molecule has 0 aliphatic carbocycles. The molecule has 0 bridgehead atoms. The van der Waals surface area contributed by atoms with Crippen LogP contribution in [0.15, 0.2) is 70.5 Å². The van der Waals surface area contributed by atoms with Crippen molar-refractivity contribution in [2.75, 3.05) is 5.32 Å². The highest BCUT2D eigenvalue weighted by Crippen LogP contribution is 2.32. The zero-order valence-corrected chi connectivity index (χ0v) is 24.0. The zero-order chi connectivity index (χ0) is 29.2. The van der Waals surface area contributed by atoms with Crippen LogP contribution in [0, 0.1) is 17.0 Å². The molecular formula is C24H16Cl2N4O7S3. The molecule has 11 nitrogen and oxygen atoms in total. The first-order valence-corrected chi connectivity index (χ1v) is 14.3. The van der Waals surface area contributed by atoms with Crippen molar-refractivity contribution in [2.24, 2.45) is 0 Å². The molecule has 2 N–H and O–H groups in total. The first-order chi connectivity index (χ1) is 18.8. The van der Waals surface area contributed by atoms with Gasteiger partial charge in [-0.25, -0.2) is 10.2 Å². The molecule has 1 aliphatic heterocycles. The molecule has 3 amide bonds. The number of amides is 3. The van der Waals surface area contributed by atoms with Crippen LogP contribution in [0.4, 0.5) is 16.2 Å². The van der Waals surface area contributed by atoms with Crippen molar-refractivity contribution >= 4 is 91.0 Å². The van der Waals surface area contributed by atoms with Gasteiger partial charge in [0.15, 0.2) is 4.32 Å². The SMILES string of the molecule is Cc1ccc(S(=O)(=O)Oc2ccc(/C=C3\SC(=S)N(NC(=O)Nc4ccc(Cl)c(Cl)c4)C3=O)cc2)cc1[N+](=O)[O-]. The number of nitrogens with one attached hydrogen (secondary N) is 2. The molecule has 3 aromatic carbocycles. The van der Waals surface area contributed by atoms with Gasteiger partial charge in [0.1, 0.15) is 10.6 Å². The largest absolute Gasteiger partial charge is 0.379 e. The number of hydrazine groups is 1. The number of benzene rings is 3. The summed E-state index contributed by atoms with van der Waals surface area (Å²) in [6, 6.07) is 12.9. The lowest BCUT2D eigenvalue weighted by molar-refractivity contribution is -0.385. The molecule has 0 unspecified atom stereocenters. The number of anilines is 1. The van der Waals surface area contributed by atoms with E-state index in [1.54, 1.807) is 0 Å². The Bertz CT molecular complexity index is 1700. The third-order valence-electron chi connectivity index (χ3n) is 5.23. The number of carbonyl (C=O) groups excluding carboxylic acids is 2. The summed E-state index contributed by atoms with van der Waals surface area (Å²) in [7, 11) is -4.35. The molecule has 0 radical (unpaired) electrons. The van der Waals surface area contributed by atoms with E-state index in [1.807, 2.05) is 0 Å². The highest BCUT2D eigenvalue weighted by Gasteiger charge is 2.33. The predicted molar refractivity (Wildman–Crippen MR) is 156 cm³/mol. The second kappa shape index (κ2) is 11.8. The second-order valence-electron chi connectivity index (χ2n) is 8.02. The number of nitrogens with zero attached hydrogens (tertiary/aromatic N) is 2. The number of hydrogen-bond acceptors (Lipinski definition) is 9. The van der Waals surface area contributed by atoms with E-state index in [0.717, 1.165) is 22.8 Å². The standard InChI is InChI=1S/C24H16Cl2N4O7S3/c1-13-2-8-17(12-20(13)30(33)34)40(35,36)37-16-6-3-14(4-7-16)10-21-22(31)29(24(38)39-21)28-23(32)27-15-5-9-18(25)19(26)11-15/h2-12H,1H3,(H2,27,28,32)/b21-10-. The van der Waals surface area contributed by atoms with Crippen molar-refractivity contribution in [3.8, 4) is 5.75 Å². The number of nitro groups is 1. The Labute approximate surface area is 247 Å². The van der Waals surface area contributed by atoms with Crippen molar-refractivity contribution in [2.45, 2.75) is 11.8 Å². The summed E-state index contributed by atoms with van der Waals surface area (Å²) in [5, 5.41) is 15.1. The van der Waals surface area contributed by atoms with Crippen LogP contribution in [0.2, 0.25) is 10.0 Å². The normalized spacial score (nSPS) is 14.4. The Kier molecular flexibility index (Phi) is 8.65. The first-order valence-electron chi connectivity index (χ1n) is 10.9. The van der Waals surface area contributed by atoms with Gasteiger partial charge in [0.25, 0.3) is 11.6 Å². The van der Waals surface area contributed by atoms with E-state index >= 15 is 0 Å². The van der Waals surface area contributed by atoms with E-state index in [2.05, 4.69) is 10.7 Å². The highest BCUT2D eigenvalue weighted by atomic mass is 35.5. The Hall–Kier alpha value is -3.69. The van der Waals surface area contributed by atoms with E-state index in [1.165, 1.54) is 67.6 Å². The smallest absolute Gasteiger partial charge is 0.339 e. The number of halogens is 2. The summed E-state index contributed by atoms with van der Waals surface area (Å²) in [6.45, 7) is 1.49. The molecule has 4 rings (SSSR count). The Balaban J connectivity index is 1.42. The lowest BCUT2D eigenvalue weighted by Crippen LogP contribution is -2.46. The lowest BCUT2D eigenvalue weighted by Gasteiger charge is -2.16. The maximum Gasteiger partial charge on any atom is 0.339 e. The fourth-order valence-corrected chi connectivity index (χ4v) is 5.71. The summed E-state index contributed by atoms with van der Waals surface area (Å²) in [5.74, 6) is -0.628. The number of hydrogen-bond donors (Lipinski definition) is 2. The van der Waals surface area contributed by atoms with Crippen molar-refractivity contribution in [3.63, 3.8) is 0 Å². The molecule has 0 aromatic heterocycles. The lowest BCUT2D eigenvalue weighted by atomic mass is 10.2. The van der Waals surface area contributed by atoms with E-state index in [4.69, 9.17) is 39.6 Å². The van der Waals surface area contributed by atoms with Crippen LogP contribution >= 0.6 is 47.2 Å². The molecule has 0 saturated carbocycles. The number of aryl methyl sites for hydroxylation is 1. The first kappa shape index (κ1) is 29.3. The molecule has 1 aliphatic rings. The van der Waals surface area contributed by atoms with Gasteiger partial charge in [-0.15, -0.1) is 0 Å². The van der Waals surface area contributed by atoms with Crippen molar-refractivity contribution in [1.82, 2.24) is 10.4 Å². The maximum absolute atomic E-state index is 12.8. The molecule has 3 aromatic rings. The van der Waals surface area contributed by atoms with Gasteiger partial charge >= 0.3 is 16.1 Å². The highest BCUT2D eigenvalue weighted by molar-refractivity contribution is 8.26. The van der Waals surface area contributed by atoms with Crippen LogP contribution in [-0.2, 0) is 14.9 Å². The van der Waals surface area contributed by atoms with Gasteiger partial charge in [-0.1, -0.05) is 53.2 Å². The van der Waals surface area contributed by atoms with E-state index in [0.29, 0.717) is 21.8 Å². The van der Waals surface area contributed by atoms with E-state index < -0.39 is 27.0 Å². The molecule has 40 heavy (non-hydrogen) atoms. The molecule has 1 saturated heterocycles. The van der Waals surface area contributed by atoms with Crippen LogP contribution < -0.4 is 14.9 Å². The van der Waals surface area contributed by atoms with Crippen LogP contribution in [0.5, 0.6) is 5.75 Å². The number of urea groups is 1. The van der Waals surface area contributed by atoms with Crippen molar-refractivity contribution in [3.05, 3.63) is 96.9 Å². The summed E-state index contributed by atoms with van der Waals surface area (Å²) in [5.41, 5.74) is 3.18. The predicted octanol–water partition coefficient (Wildman–Crippen LogP) is 5.92. The van der Waals surface area contributed by atoms with Crippen LogP contribution in [0.1, 0.15) is 11.1 Å². The monoisotopic (exact) mass is 638 g/mol. The van der Waals surface area contributed by atoms with Gasteiger partial charge in [-0.05, 0) is 67.2 Å². The summed E-state index contributed by atoms with van der Waals surface area (Å²) < 4.78 is 30.4. The number of nitro benzene ring substituents is 1. The van der Waals surface area contributed by atoms with Gasteiger partial charge in [0.05, 0.1) is 19.9 Å². The fraction of sp³-hybridized carbons (Fsp3) is 0.0417. The number of thioether (sulfide) groups is 1. The third-order valence-corrected chi connectivity index (χ3v) is 8.52. The second-order valence-corrected chi connectivity index (χ2v) is 12.1. The molecule has 1 fully saturated rings. The number of thiocarbonyl (C=S) groups is 1. The van der Waals surface area contributed by atoms with Gasteiger partial charge in [0, 0.05) is 17.3 Å². The Morgan fingerprint density at radius 2 is 1.80 bits per heavy atom. The van der Waals surface area contributed by atoms with Gasteiger partial charge in [0.2, 0.25) is 0 Å². The minimum Gasteiger partial charge on any atom is -0.379 e. The maximum atomic E-state index is 12.8. The summed E-state index contributed by atoms with van der Waals surface area (Å²) >= 11 is 18.0. The van der Waals surface area contributed by atoms with Gasteiger partial charge in [-0.3, -0.25) is 14.9 Å². The Morgan fingerprint density at radius 1 is 1.10 bits per heavy atom. The van der Waals surface area contributed by atoms with Crippen molar-refractivity contribution < 1.29 is 27.1 Å². The van der Waals surface area contributed by atoms with Gasteiger partial charge in [-0.2, -0.15) is 13.4 Å². The number of carbonyl (C=O) groups is 2. The average Bonchev–Trinajstić information content (AvgIpc) is 3.14. The molecular weight excluding hydrogens is 623 g/mol. The van der Waals surface area contributed by atoms with Crippen LogP contribution in [0.25, 0.3) is 6.08 Å². The topological polar surface area (TPSA) is 148 Å². The third kappa shape index (κ3) is 6.71.